The molecule has 0 atom stereocenters. The Balaban J connectivity index is 1.56. The molecule has 1 N–H and O–H groups in total. The fraction of sp³-hybridized carbons (Fsp3) is 0.208. The average Bonchev–Trinajstić information content (AvgIpc) is 3.14. The second kappa shape index (κ2) is 8.45. The molecule has 1 amide bonds. The Morgan fingerprint density at radius 3 is 2.58 bits per heavy atom. The third-order valence-electron chi connectivity index (χ3n) is 4.84. The van der Waals surface area contributed by atoms with E-state index in [1.165, 1.54) is 17.4 Å². The van der Waals surface area contributed by atoms with Crippen molar-refractivity contribution in [1.29, 1.82) is 0 Å². The number of hydrogen-bond acceptors (Lipinski definition) is 6. The van der Waals surface area contributed by atoms with Crippen molar-refractivity contribution in [2.24, 2.45) is 0 Å². The largest absolute Gasteiger partial charge is 0.456 e. The lowest BCUT2D eigenvalue weighted by molar-refractivity contribution is 0.102. The van der Waals surface area contributed by atoms with Gasteiger partial charge >= 0.3 is 0 Å². The van der Waals surface area contributed by atoms with E-state index < -0.39 is 0 Å². The van der Waals surface area contributed by atoms with Crippen LogP contribution in [0.3, 0.4) is 0 Å². The van der Waals surface area contributed by atoms with Crippen LogP contribution in [0.1, 0.15) is 27.2 Å². The molecule has 0 spiro atoms. The molecule has 0 aliphatic carbocycles. The molecule has 7 heteroatoms. The predicted molar refractivity (Wildman–Crippen MR) is 125 cm³/mol. The molecule has 31 heavy (non-hydrogen) atoms. The summed E-state index contributed by atoms with van der Waals surface area (Å²) >= 11 is 1.40. The normalized spacial score (nSPS) is 11.3. The van der Waals surface area contributed by atoms with E-state index in [1.807, 2.05) is 50.4 Å². The van der Waals surface area contributed by atoms with Gasteiger partial charge in [0.15, 0.2) is 10.6 Å². The summed E-state index contributed by atoms with van der Waals surface area (Å²) in [4.78, 5) is 31.6. The van der Waals surface area contributed by atoms with Crippen molar-refractivity contribution in [3.63, 3.8) is 0 Å². The van der Waals surface area contributed by atoms with Gasteiger partial charge in [0.1, 0.15) is 11.3 Å². The Morgan fingerprint density at radius 2 is 1.87 bits per heavy atom. The van der Waals surface area contributed by atoms with Crippen LogP contribution in [0.5, 0.6) is 0 Å². The van der Waals surface area contributed by atoms with Crippen molar-refractivity contribution in [3.8, 4) is 11.3 Å². The maximum absolute atomic E-state index is 12.6. The number of fused-ring (bicyclic) bond motifs is 1. The van der Waals surface area contributed by atoms with Gasteiger partial charge in [0.2, 0.25) is 0 Å². The molecule has 0 unspecified atom stereocenters. The zero-order valence-corrected chi connectivity index (χ0v) is 18.7. The van der Waals surface area contributed by atoms with Gasteiger partial charge in [-0.05, 0) is 57.3 Å². The third kappa shape index (κ3) is 4.57. The Kier molecular flexibility index (Phi) is 5.71. The Morgan fingerprint density at radius 1 is 1.13 bits per heavy atom. The molecule has 0 saturated heterocycles. The van der Waals surface area contributed by atoms with E-state index in [9.17, 15) is 9.59 Å². The summed E-state index contributed by atoms with van der Waals surface area (Å²) in [6.07, 6.45) is 0. The summed E-state index contributed by atoms with van der Waals surface area (Å²) in [5.41, 5.74) is 4.60. The first-order valence-corrected chi connectivity index (χ1v) is 10.7. The molecule has 0 aliphatic rings. The highest BCUT2D eigenvalue weighted by molar-refractivity contribution is 7.14. The van der Waals surface area contributed by atoms with Crippen molar-refractivity contribution in [2.45, 2.75) is 20.4 Å². The van der Waals surface area contributed by atoms with Crippen LogP contribution in [0, 0.1) is 13.8 Å². The molecule has 4 aromatic rings. The minimum atomic E-state index is -0.233. The quantitative estimate of drug-likeness (QED) is 0.487. The number of anilines is 1. The number of aromatic nitrogens is 1. The SMILES string of the molecule is Cc1cc(C)c2oc(-c3ccc(C(=O)Nc4nc(CN(C)C)cs4)cc3)cc(=O)c2c1. The van der Waals surface area contributed by atoms with Crippen molar-refractivity contribution in [3.05, 3.63) is 80.5 Å². The molecule has 0 bridgehead atoms. The van der Waals surface area contributed by atoms with E-state index in [-0.39, 0.29) is 11.3 Å². The van der Waals surface area contributed by atoms with E-state index >= 15 is 0 Å². The number of thiazole rings is 1. The van der Waals surface area contributed by atoms with Gasteiger partial charge in [-0.15, -0.1) is 11.3 Å². The molecular weight excluding hydrogens is 410 g/mol. The minimum absolute atomic E-state index is 0.0813. The molecule has 2 aromatic carbocycles. The fourth-order valence-electron chi connectivity index (χ4n) is 3.47. The highest BCUT2D eigenvalue weighted by Crippen LogP contribution is 2.26. The van der Waals surface area contributed by atoms with Crippen LogP contribution in [0.25, 0.3) is 22.3 Å². The molecule has 2 heterocycles. The molecule has 4 rings (SSSR count). The summed E-state index contributed by atoms with van der Waals surface area (Å²) in [5.74, 6) is 0.244. The van der Waals surface area contributed by atoms with E-state index in [4.69, 9.17) is 4.42 Å². The molecule has 2 aromatic heterocycles. The Labute approximate surface area is 184 Å². The summed E-state index contributed by atoms with van der Waals surface area (Å²) in [6.45, 7) is 4.60. The number of hydrogen-bond donors (Lipinski definition) is 1. The topological polar surface area (TPSA) is 75.4 Å². The number of nitrogens with one attached hydrogen (secondary N) is 1. The number of nitrogens with zero attached hydrogens (tertiary/aromatic N) is 2. The van der Waals surface area contributed by atoms with Crippen LogP contribution in [-0.2, 0) is 6.54 Å². The lowest BCUT2D eigenvalue weighted by atomic mass is 10.1. The summed E-state index contributed by atoms with van der Waals surface area (Å²) < 4.78 is 6.03. The summed E-state index contributed by atoms with van der Waals surface area (Å²) in [7, 11) is 3.94. The van der Waals surface area contributed by atoms with Gasteiger partial charge in [-0.2, -0.15) is 0 Å². The lowest BCUT2D eigenvalue weighted by Gasteiger charge is -2.08. The van der Waals surface area contributed by atoms with E-state index in [0.717, 1.165) is 28.9 Å². The fourth-order valence-corrected chi connectivity index (χ4v) is 4.16. The number of benzene rings is 2. The van der Waals surface area contributed by atoms with Gasteiger partial charge in [0.25, 0.3) is 5.91 Å². The van der Waals surface area contributed by atoms with Crippen molar-refractivity contribution in [1.82, 2.24) is 9.88 Å². The second-order valence-electron chi connectivity index (χ2n) is 7.85. The average molecular weight is 434 g/mol. The minimum Gasteiger partial charge on any atom is -0.456 e. The highest BCUT2D eigenvalue weighted by Gasteiger charge is 2.12. The van der Waals surface area contributed by atoms with E-state index in [0.29, 0.717) is 27.4 Å². The number of carbonyl (C=O) groups excluding carboxylic acids is 1. The van der Waals surface area contributed by atoms with Gasteiger partial charge in [-0.3, -0.25) is 14.9 Å². The Bertz CT molecular complexity index is 1320. The first-order valence-electron chi connectivity index (χ1n) is 9.86. The van der Waals surface area contributed by atoms with Crippen molar-refractivity contribution >= 4 is 33.3 Å². The standard InChI is InChI=1S/C24H23N3O3S/c1-14-9-15(2)22-19(10-14)20(28)11-21(30-22)16-5-7-17(8-6-16)23(29)26-24-25-18(13-31-24)12-27(3)4/h5-11,13H,12H2,1-4H3,(H,25,26,29). The number of aryl methyl sites for hydroxylation is 2. The predicted octanol–water partition coefficient (Wildman–Crippen LogP) is 4.85. The van der Waals surface area contributed by atoms with Gasteiger partial charge < -0.3 is 9.32 Å². The van der Waals surface area contributed by atoms with Crippen LogP contribution >= 0.6 is 11.3 Å². The summed E-state index contributed by atoms with van der Waals surface area (Å²) in [6, 6.07) is 12.3. The first-order chi connectivity index (χ1) is 14.8. The van der Waals surface area contributed by atoms with Crippen LogP contribution in [0.2, 0.25) is 0 Å². The number of amides is 1. The zero-order chi connectivity index (χ0) is 22.1. The monoisotopic (exact) mass is 433 g/mol. The smallest absolute Gasteiger partial charge is 0.257 e. The maximum Gasteiger partial charge on any atom is 0.257 e. The molecular formula is C24H23N3O3S. The second-order valence-corrected chi connectivity index (χ2v) is 8.70. The van der Waals surface area contributed by atoms with Crippen LogP contribution in [0.4, 0.5) is 5.13 Å². The zero-order valence-electron chi connectivity index (χ0n) is 17.9. The Hall–Kier alpha value is -3.29. The van der Waals surface area contributed by atoms with Crippen LogP contribution in [-0.4, -0.2) is 29.9 Å². The van der Waals surface area contributed by atoms with E-state index in [1.54, 1.807) is 24.3 Å². The van der Waals surface area contributed by atoms with E-state index in [2.05, 4.69) is 10.3 Å². The number of carbonyl (C=O) groups is 1. The highest BCUT2D eigenvalue weighted by atomic mass is 32.1. The molecule has 0 saturated carbocycles. The molecule has 158 valence electrons. The molecule has 0 fully saturated rings. The lowest BCUT2D eigenvalue weighted by Crippen LogP contribution is -2.13. The summed E-state index contributed by atoms with van der Waals surface area (Å²) in [5, 5.41) is 5.91. The van der Waals surface area contributed by atoms with Crippen LogP contribution in [0.15, 0.2) is 57.1 Å². The molecule has 0 aliphatic heterocycles. The maximum atomic E-state index is 12.6. The van der Waals surface area contributed by atoms with Crippen molar-refractivity contribution < 1.29 is 9.21 Å². The third-order valence-corrected chi connectivity index (χ3v) is 5.65. The first kappa shape index (κ1) is 21.0. The van der Waals surface area contributed by atoms with Crippen molar-refractivity contribution in [2.75, 3.05) is 19.4 Å². The molecule has 6 nitrogen and oxygen atoms in total. The van der Waals surface area contributed by atoms with Gasteiger partial charge in [0.05, 0.1) is 11.1 Å². The van der Waals surface area contributed by atoms with Crippen LogP contribution < -0.4 is 10.7 Å². The van der Waals surface area contributed by atoms with Gasteiger partial charge in [-0.25, -0.2) is 4.98 Å². The van der Waals surface area contributed by atoms with Gasteiger partial charge in [0, 0.05) is 29.1 Å². The number of rotatable bonds is 5. The molecule has 0 radical (unpaired) electrons. The van der Waals surface area contributed by atoms with Gasteiger partial charge in [-0.1, -0.05) is 18.2 Å².